The number of allylic oxidation sites excluding steroid dienone is 1. The van der Waals surface area contributed by atoms with Crippen LogP contribution in [0.25, 0.3) is 0 Å². The lowest BCUT2D eigenvalue weighted by Crippen LogP contribution is -2.56. The van der Waals surface area contributed by atoms with E-state index in [0.29, 0.717) is 6.61 Å². The molecule has 0 amide bonds. The molecule has 0 atom stereocenters. The number of nitrogens with zero attached hydrogens (tertiary/aromatic N) is 1. The van der Waals surface area contributed by atoms with Crippen LogP contribution in [0.2, 0.25) is 0 Å². The zero-order valence-electron chi connectivity index (χ0n) is 12.3. The molecule has 2 N–H and O–H groups in total. The highest BCUT2D eigenvalue weighted by Crippen LogP contribution is 2.03. The molecule has 0 aliphatic heterocycles. The molecule has 0 saturated heterocycles. The molecule has 0 heterocycles. The van der Waals surface area contributed by atoms with Crippen molar-refractivity contribution in [1.82, 2.24) is 0 Å². The third-order valence-corrected chi connectivity index (χ3v) is 3.13. The first-order chi connectivity index (χ1) is 9.60. The fourth-order valence-electron chi connectivity index (χ4n) is 1.75. The van der Waals surface area contributed by atoms with Crippen LogP contribution in [0.3, 0.4) is 0 Å². The molecule has 0 fully saturated rings. The van der Waals surface area contributed by atoms with Crippen LogP contribution in [-0.2, 0) is 9.53 Å². The van der Waals surface area contributed by atoms with Gasteiger partial charge in [0.05, 0.1) is 19.2 Å². The molecular weight excluding hydrogens is 262 g/mol. The predicted octanol–water partition coefficient (Wildman–Crippen LogP) is -0.394. The molecule has 0 aliphatic carbocycles. The number of rotatable bonds is 13. The largest absolute Gasteiger partial charge is 0.544 e. The van der Waals surface area contributed by atoms with Gasteiger partial charge in [0.25, 0.3) is 0 Å². The Kier molecular flexibility index (Phi) is 11.3. The Morgan fingerprint density at radius 3 is 2.50 bits per heavy atom. The van der Waals surface area contributed by atoms with Gasteiger partial charge in [-0.05, 0) is 12.8 Å². The summed E-state index contributed by atoms with van der Waals surface area (Å²) in [7, 11) is 0. The van der Waals surface area contributed by atoms with E-state index in [1.54, 1.807) is 0 Å². The maximum atomic E-state index is 10.6. The molecule has 6 nitrogen and oxygen atoms in total. The number of ether oxygens (including phenoxy) is 1. The van der Waals surface area contributed by atoms with Crippen molar-refractivity contribution >= 4 is 5.97 Å². The van der Waals surface area contributed by atoms with Gasteiger partial charge in [-0.2, -0.15) is 0 Å². The molecule has 118 valence electrons. The van der Waals surface area contributed by atoms with Gasteiger partial charge in [-0.1, -0.05) is 31.9 Å². The van der Waals surface area contributed by atoms with E-state index in [9.17, 15) is 20.1 Å². The summed E-state index contributed by atoms with van der Waals surface area (Å²) < 4.78 is 4.98. The van der Waals surface area contributed by atoms with Crippen molar-refractivity contribution < 1.29 is 29.3 Å². The lowest BCUT2D eigenvalue weighted by Gasteiger charge is -2.34. The lowest BCUT2D eigenvalue weighted by molar-refractivity contribution is -0.956. The van der Waals surface area contributed by atoms with E-state index in [4.69, 9.17) is 4.74 Å². The first-order valence-corrected chi connectivity index (χ1v) is 7.09. The van der Waals surface area contributed by atoms with Crippen LogP contribution in [0.5, 0.6) is 0 Å². The number of aliphatic hydroxyl groups excluding tert-OH is 2. The SMILES string of the molecule is CCCCC/C=C/COCC[N+](CO)(CO)CC(=O)[O-]. The maximum absolute atomic E-state index is 10.6. The first kappa shape index (κ1) is 19.1. The van der Waals surface area contributed by atoms with Crippen molar-refractivity contribution in [2.24, 2.45) is 0 Å². The highest BCUT2D eigenvalue weighted by atomic mass is 16.5. The van der Waals surface area contributed by atoms with E-state index < -0.39 is 26.0 Å². The van der Waals surface area contributed by atoms with Gasteiger partial charge in [-0.25, -0.2) is 0 Å². The van der Waals surface area contributed by atoms with Crippen LogP contribution >= 0.6 is 0 Å². The third-order valence-electron chi connectivity index (χ3n) is 3.13. The summed E-state index contributed by atoms with van der Waals surface area (Å²) >= 11 is 0. The zero-order valence-corrected chi connectivity index (χ0v) is 12.3. The average Bonchev–Trinajstić information content (AvgIpc) is 2.44. The topological polar surface area (TPSA) is 89.8 Å². The molecule has 0 unspecified atom stereocenters. The molecule has 0 radical (unpaired) electrons. The van der Waals surface area contributed by atoms with Crippen LogP contribution in [0.15, 0.2) is 12.2 Å². The van der Waals surface area contributed by atoms with Crippen molar-refractivity contribution in [3.63, 3.8) is 0 Å². The van der Waals surface area contributed by atoms with Gasteiger partial charge < -0.3 is 24.9 Å². The Balaban J connectivity index is 3.81. The summed E-state index contributed by atoms with van der Waals surface area (Å²) in [6, 6.07) is 0. The van der Waals surface area contributed by atoms with Gasteiger partial charge in [0.1, 0.15) is 13.1 Å². The second-order valence-electron chi connectivity index (χ2n) is 4.92. The van der Waals surface area contributed by atoms with E-state index in [2.05, 4.69) is 13.0 Å². The van der Waals surface area contributed by atoms with E-state index in [0.717, 1.165) is 6.42 Å². The smallest absolute Gasteiger partial charge is 0.182 e. The Bertz CT molecular complexity index is 277. The monoisotopic (exact) mass is 289 g/mol. The van der Waals surface area contributed by atoms with Gasteiger partial charge in [-0.3, -0.25) is 4.48 Å². The van der Waals surface area contributed by atoms with Crippen molar-refractivity contribution in [2.75, 3.05) is 39.8 Å². The van der Waals surface area contributed by atoms with Crippen LogP contribution < -0.4 is 5.11 Å². The standard InChI is InChI=1S/C14H27NO5/c1-2-3-4-5-6-7-9-20-10-8-15(12-16,13-17)11-14(18)19/h6-7,16-17H,2-5,8-13H2,1H3/b7-6+. The number of carbonyl (C=O) groups excluding carboxylic acids is 1. The van der Waals surface area contributed by atoms with E-state index in [1.807, 2.05) is 6.08 Å². The fourth-order valence-corrected chi connectivity index (χ4v) is 1.75. The van der Waals surface area contributed by atoms with Crippen molar-refractivity contribution in [3.05, 3.63) is 12.2 Å². The summed E-state index contributed by atoms with van der Waals surface area (Å²) in [5, 5.41) is 29.0. The molecule has 0 bridgehead atoms. The molecule has 0 aliphatic rings. The quantitative estimate of drug-likeness (QED) is 0.208. The number of unbranched alkanes of at least 4 members (excludes halogenated alkanes) is 3. The first-order valence-electron chi connectivity index (χ1n) is 7.09. The Labute approximate surface area is 120 Å². The minimum Gasteiger partial charge on any atom is -0.544 e. The summed E-state index contributed by atoms with van der Waals surface area (Å²) in [5.41, 5.74) is 0. The van der Waals surface area contributed by atoms with Gasteiger partial charge in [0.2, 0.25) is 0 Å². The zero-order chi connectivity index (χ0) is 15.3. The second kappa shape index (κ2) is 11.8. The minimum absolute atomic E-state index is 0.227. The van der Waals surface area contributed by atoms with Crippen molar-refractivity contribution in [1.29, 1.82) is 0 Å². The Morgan fingerprint density at radius 1 is 1.25 bits per heavy atom. The highest BCUT2D eigenvalue weighted by Gasteiger charge is 2.25. The van der Waals surface area contributed by atoms with E-state index >= 15 is 0 Å². The van der Waals surface area contributed by atoms with E-state index in [-0.39, 0.29) is 17.6 Å². The number of quaternary nitrogens is 1. The normalized spacial score (nSPS) is 12.2. The van der Waals surface area contributed by atoms with Crippen molar-refractivity contribution in [3.8, 4) is 0 Å². The minimum atomic E-state index is -1.30. The number of carboxylic acids is 1. The summed E-state index contributed by atoms with van der Waals surface area (Å²) in [4.78, 5) is 10.6. The molecular formula is C14H27NO5. The lowest BCUT2D eigenvalue weighted by atomic mass is 10.2. The molecule has 0 spiro atoms. The highest BCUT2D eigenvalue weighted by molar-refractivity contribution is 5.65. The fraction of sp³-hybridized carbons (Fsp3) is 0.786. The van der Waals surface area contributed by atoms with Crippen LogP contribution in [0.4, 0.5) is 0 Å². The molecule has 0 saturated carbocycles. The molecule has 20 heavy (non-hydrogen) atoms. The van der Waals surface area contributed by atoms with Gasteiger partial charge in [0, 0.05) is 0 Å². The summed E-state index contributed by atoms with van der Waals surface area (Å²) in [5.74, 6) is -1.30. The molecule has 0 rings (SSSR count). The number of hydrogen-bond acceptors (Lipinski definition) is 5. The maximum Gasteiger partial charge on any atom is 0.182 e. The molecule has 0 aromatic rings. The number of aliphatic carboxylic acids is 1. The second-order valence-corrected chi connectivity index (χ2v) is 4.92. The Hall–Kier alpha value is -0.950. The predicted molar refractivity (Wildman–Crippen MR) is 73.3 cm³/mol. The van der Waals surface area contributed by atoms with Gasteiger partial charge >= 0.3 is 0 Å². The summed E-state index contributed by atoms with van der Waals surface area (Å²) in [6.07, 6.45) is 8.63. The van der Waals surface area contributed by atoms with Crippen molar-refractivity contribution in [2.45, 2.75) is 32.6 Å². The van der Waals surface area contributed by atoms with Crippen LogP contribution in [-0.4, -0.2) is 60.4 Å². The summed E-state index contributed by atoms with van der Waals surface area (Å²) in [6.45, 7) is 1.77. The average molecular weight is 289 g/mol. The van der Waals surface area contributed by atoms with Crippen LogP contribution in [0.1, 0.15) is 32.6 Å². The third kappa shape index (κ3) is 9.03. The number of aliphatic hydroxyl groups is 2. The number of hydrogen-bond donors (Lipinski definition) is 2. The number of carboxylic acid groups (broad SMARTS) is 1. The molecule has 0 aromatic heterocycles. The molecule has 6 heteroatoms. The van der Waals surface area contributed by atoms with E-state index in [1.165, 1.54) is 19.3 Å². The van der Waals surface area contributed by atoms with Gasteiger partial charge in [-0.15, -0.1) is 0 Å². The van der Waals surface area contributed by atoms with Crippen LogP contribution in [0, 0.1) is 0 Å². The Morgan fingerprint density at radius 2 is 1.95 bits per heavy atom. The molecule has 0 aromatic carbocycles. The number of carbonyl (C=O) groups is 1. The van der Waals surface area contributed by atoms with Gasteiger partial charge in [0.15, 0.2) is 13.5 Å².